The first-order chi connectivity index (χ1) is 9.08. The van der Waals surface area contributed by atoms with Gasteiger partial charge in [-0.1, -0.05) is 30.9 Å². The van der Waals surface area contributed by atoms with Gasteiger partial charge in [0.25, 0.3) is 0 Å². The molecular weight excluding hydrogens is 262 g/mol. The quantitative estimate of drug-likeness (QED) is 0.905. The third-order valence-electron chi connectivity index (χ3n) is 3.86. The van der Waals surface area contributed by atoms with Gasteiger partial charge in [0.05, 0.1) is 11.3 Å². The Balaban J connectivity index is 2.14. The fourth-order valence-corrected chi connectivity index (χ4v) is 3.02. The number of aromatic carboxylic acids is 1. The highest BCUT2D eigenvalue weighted by Crippen LogP contribution is 2.29. The van der Waals surface area contributed by atoms with Crippen molar-refractivity contribution in [1.82, 2.24) is 0 Å². The number of carboxylic acid groups (broad SMARTS) is 1. The van der Waals surface area contributed by atoms with Crippen LogP contribution in [0.4, 0.5) is 5.69 Å². The molecule has 2 rings (SSSR count). The molecule has 0 bridgehead atoms. The molecule has 0 spiro atoms. The van der Waals surface area contributed by atoms with Crippen molar-refractivity contribution in [3.63, 3.8) is 0 Å². The van der Waals surface area contributed by atoms with Gasteiger partial charge < -0.3 is 10.0 Å². The molecule has 0 aliphatic heterocycles. The summed E-state index contributed by atoms with van der Waals surface area (Å²) in [6.45, 7) is 0.903. The fourth-order valence-electron chi connectivity index (χ4n) is 2.86. The second-order valence-electron chi connectivity index (χ2n) is 5.35. The van der Waals surface area contributed by atoms with Crippen molar-refractivity contribution in [2.45, 2.75) is 32.1 Å². The number of hydrogen-bond acceptors (Lipinski definition) is 2. The van der Waals surface area contributed by atoms with Gasteiger partial charge >= 0.3 is 5.97 Å². The van der Waals surface area contributed by atoms with Crippen molar-refractivity contribution in [3.05, 3.63) is 28.8 Å². The largest absolute Gasteiger partial charge is 0.478 e. The summed E-state index contributed by atoms with van der Waals surface area (Å²) in [5.41, 5.74) is 1.04. The van der Waals surface area contributed by atoms with E-state index in [2.05, 4.69) is 0 Å². The summed E-state index contributed by atoms with van der Waals surface area (Å²) in [4.78, 5) is 13.3. The molecule has 1 N–H and O–H groups in total. The second kappa shape index (κ2) is 6.29. The van der Waals surface area contributed by atoms with Crippen molar-refractivity contribution in [2.75, 3.05) is 18.5 Å². The fraction of sp³-hybridized carbons (Fsp3) is 0.533. The van der Waals surface area contributed by atoms with Crippen LogP contribution in [0.2, 0.25) is 5.02 Å². The molecule has 0 unspecified atom stereocenters. The predicted molar refractivity (Wildman–Crippen MR) is 78.3 cm³/mol. The number of carbonyl (C=O) groups is 1. The smallest absolute Gasteiger partial charge is 0.337 e. The monoisotopic (exact) mass is 281 g/mol. The highest BCUT2D eigenvalue weighted by Gasteiger charge is 2.19. The molecule has 0 heterocycles. The van der Waals surface area contributed by atoms with Crippen LogP contribution in [-0.4, -0.2) is 24.7 Å². The van der Waals surface area contributed by atoms with E-state index in [0.29, 0.717) is 22.2 Å². The lowest BCUT2D eigenvalue weighted by molar-refractivity contribution is 0.0697. The predicted octanol–water partition coefficient (Wildman–Crippen LogP) is 4.05. The van der Waals surface area contributed by atoms with E-state index in [4.69, 9.17) is 11.6 Å². The SMILES string of the molecule is CN(CC1CCCCC1)c1cc(Cl)ccc1C(=O)O. The molecule has 0 atom stereocenters. The van der Waals surface area contributed by atoms with Gasteiger partial charge in [0.15, 0.2) is 0 Å². The molecule has 0 radical (unpaired) electrons. The maximum absolute atomic E-state index is 11.3. The van der Waals surface area contributed by atoms with E-state index >= 15 is 0 Å². The molecule has 1 aromatic rings. The third-order valence-corrected chi connectivity index (χ3v) is 4.09. The van der Waals surface area contributed by atoms with Gasteiger partial charge in [-0.05, 0) is 37.0 Å². The van der Waals surface area contributed by atoms with Crippen LogP contribution in [0.25, 0.3) is 0 Å². The minimum absolute atomic E-state index is 0.322. The average molecular weight is 282 g/mol. The topological polar surface area (TPSA) is 40.5 Å². The standard InChI is InChI=1S/C15H20ClNO2/c1-17(10-11-5-3-2-4-6-11)14-9-12(16)7-8-13(14)15(18)19/h7-9,11H,2-6,10H2,1H3,(H,18,19). The van der Waals surface area contributed by atoms with Crippen molar-refractivity contribution in [1.29, 1.82) is 0 Å². The number of anilines is 1. The third kappa shape index (κ3) is 3.63. The summed E-state index contributed by atoms with van der Waals surface area (Å²) in [6.07, 6.45) is 6.40. The van der Waals surface area contributed by atoms with E-state index in [-0.39, 0.29) is 0 Å². The van der Waals surface area contributed by atoms with Gasteiger partial charge in [-0.25, -0.2) is 4.79 Å². The highest BCUT2D eigenvalue weighted by molar-refractivity contribution is 6.31. The maximum Gasteiger partial charge on any atom is 0.337 e. The van der Waals surface area contributed by atoms with Crippen molar-refractivity contribution >= 4 is 23.3 Å². The normalized spacial score (nSPS) is 16.3. The maximum atomic E-state index is 11.3. The molecule has 0 aromatic heterocycles. The summed E-state index contributed by atoms with van der Waals surface area (Å²) in [7, 11) is 1.95. The Labute approximate surface area is 119 Å². The number of halogens is 1. The zero-order valence-corrected chi connectivity index (χ0v) is 12.0. The Morgan fingerprint density at radius 3 is 2.68 bits per heavy atom. The van der Waals surface area contributed by atoms with Crippen LogP contribution in [0.5, 0.6) is 0 Å². The first-order valence-corrected chi connectivity index (χ1v) is 7.19. The summed E-state index contributed by atoms with van der Waals surface area (Å²) in [5, 5.41) is 9.82. The van der Waals surface area contributed by atoms with Crippen LogP contribution < -0.4 is 4.90 Å². The van der Waals surface area contributed by atoms with E-state index in [9.17, 15) is 9.90 Å². The highest BCUT2D eigenvalue weighted by atomic mass is 35.5. The molecule has 19 heavy (non-hydrogen) atoms. The molecule has 1 aliphatic carbocycles. The van der Waals surface area contributed by atoms with Gasteiger partial charge in [-0.2, -0.15) is 0 Å². The number of hydrogen-bond donors (Lipinski definition) is 1. The van der Waals surface area contributed by atoms with Crippen LogP contribution in [0.1, 0.15) is 42.5 Å². The molecular formula is C15H20ClNO2. The lowest BCUT2D eigenvalue weighted by Gasteiger charge is -2.29. The molecule has 0 amide bonds. The van der Waals surface area contributed by atoms with Gasteiger partial charge in [0, 0.05) is 18.6 Å². The van der Waals surface area contributed by atoms with Gasteiger partial charge in [-0.3, -0.25) is 0 Å². The molecule has 104 valence electrons. The number of carboxylic acids is 1. The summed E-state index contributed by atoms with van der Waals surface area (Å²) in [5.74, 6) is -0.235. The number of nitrogens with zero attached hydrogens (tertiary/aromatic N) is 1. The lowest BCUT2D eigenvalue weighted by Crippen LogP contribution is -2.28. The van der Waals surface area contributed by atoms with Crippen LogP contribution >= 0.6 is 11.6 Å². The Morgan fingerprint density at radius 1 is 1.37 bits per heavy atom. The second-order valence-corrected chi connectivity index (χ2v) is 5.79. The minimum Gasteiger partial charge on any atom is -0.478 e. The molecule has 1 fully saturated rings. The molecule has 1 aliphatic rings. The van der Waals surface area contributed by atoms with Crippen LogP contribution in [-0.2, 0) is 0 Å². The summed E-state index contributed by atoms with van der Waals surface area (Å²) >= 11 is 5.99. The van der Waals surface area contributed by atoms with E-state index in [1.54, 1.807) is 18.2 Å². The van der Waals surface area contributed by atoms with E-state index in [1.165, 1.54) is 32.1 Å². The zero-order chi connectivity index (χ0) is 13.8. The van der Waals surface area contributed by atoms with E-state index in [0.717, 1.165) is 6.54 Å². The van der Waals surface area contributed by atoms with E-state index < -0.39 is 5.97 Å². The van der Waals surface area contributed by atoms with Crippen molar-refractivity contribution in [2.24, 2.45) is 5.92 Å². The Bertz CT molecular complexity index is 455. The molecule has 4 heteroatoms. The zero-order valence-electron chi connectivity index (χ0n) is 11.2. The van der Waals surface area contributed by atoms with Gasteiger partial charge in [0.2, 0.25) is 0 Å². The van der Waals surface area contributed by atoms with Crippen LogP contribution in [0.15, 0.2) is 18.2 Å². The molecule has 0 saturated heterocycles. The minimum atomic E-state index is -0.901. The molecule has 1 aromatic carbocycles. The van der Waals surface area contributed by atoms with Gasteiger partial charge in [-0.15, -0.1) is 0 Å². The molecule has 3 nitrogen and oxygen atoms in total. The lowest BCUT2D eigenvalue weighted by atomic mass is 9.89. The molecule has 1 saturated carbocycles. The first-order valence-electron chi connectivity index (χ1n) is 6.82. The van der Waals surface area contributed by atoms with Gasteiger partial charge in [0.1, 0.15) is 0 Å². The first kappa shape index (κ1) is 14.2. The number of benzene rings is 1. The van der Waals surface area contributed by atoms with Crippen molar-refractivity contribution in [3.8, 4) is 0 Å². The Morgan fingerprint density at radius 2 is 2.05 bits per heavy atom. The Kier molecular flexibility index (Phi) is 4.70. The van der Waals surface area contributed by atoms with Crippen molar-refractivity contribution < 1.29 is 9.90 Å². The Hall–Kier alpha value is -1.22. The number of rotatable bonds is 4. The summed E-state index contributed by atoms with van der Waals surface area (Å²) in [6, 6.07) is 4.95. The average Bonchev–Trinajstić information content (AvgIpc) is 2.39. The van der Waals surface area contributed by atoms with Crippen LogP contribution in [0, 0.1) is 5.92 Å². The summed E-state index contributed by atoms with van der Waals surface area (Å²) < 4.78 is 0. The van der Waals surface area contributed by atoms with E-state index in [1.807, 2.05) is 11.9 Å². The van der Waals surface area contributed by atoms with Crippen LogP contribution in [0.3, 0.4) is 0 Å².